The molecule has 1 rings (SSSR count). The van der Waals surface area contributed by atoms with E-state index >= 15 is 0 Å². The van der Waals surface area contributed by atoms with E-state index in [2.05, 4.69) is 38.0 Å². The summed E-state index contributed by atoms with van der Waals surface area (Å²) < 4.78 is 14.0. The molecular formula is C16H27FN2. The molecule has 19 heavy (non-hydrogen) atoms. The fourth-order valence-corrected chi connectivity index (χ4v) is 2.29. The number of halogens is 1. The quantitative estimate of drug-likeness (QED) is 0.717. The largest absolute Gasteiger partial charge is 0.372 e. The van der Waals surface area contributed by atoms with Crippen molar-refractivity contribution in [3.8, 4) is 0 Å². The highest BCUT2D eigenvalue weighted by atomic mass is 19.1. The van der Waals surface area contributed by atoms with Gasteiger partial charge in [-0.25, -0.2) is 4.39 Å². The first-order valence-corrected chi connectivity index (χ1v) is 7.32. The molecule has 0 heterocycles. The van der Waals surface area contributed by atoms with Crippen molar-refractivity contribution in [2.24, 2.45) is 0 Å². The van der Waals surface area contributed by atoms with Gasteiger partial charge >= 0.3 is 0 Å². The molecule has 0 fully saturated rings. The zero-order valence-corrected chi connectivity index (χ0v) is 12.7. The summed E-state index contributed by atoms with van der Waals surface area (Å²) >= 11 is 0. The van der Waals surface area contributed by atoms with Crippen LogP contribution < -0.4 is 10.2 Å². The third kappa shape index (κ3) is 4.50. The molecule has 2 nitrogen and oxygen atoms in total. The first-order chi connectivity index (χ1) is 9.11. The van der Waals surface area contributed by atoms with Crippen LogP contribution in [-0.2, 0) is 6.54 Å². The molecule has 0 radical (unpaired) electrons. The number of rotatable bonds is 8. The van der Waals surface area contributed by atoms with Crippen LogP contribution in [0.1, 0.15) is 45.6 Å². The van der Waals surface area contributed by atoms with E-state index in [0.717, 1.165) is 37.1 Å². The van der Waals surface area contributed by atoms with E-state index in [1.807, 2.05) is 6.07 Å². The molecule has 0 saturated carbocycles. The molecule has 0 aliphatic carbocycles. The van der Waals surface area contributed by atoms with Gasteiger partial charge in [-0.15, -0.1) is 0 Å². The summed E-state index contributed by atoms with van der Waals surface area (Å²) in [6.07, 6.45) is 3.32. The molecule has 1 aromatic rings. The third-order valence-corrected chi connectivity index (χ3v) is 3.57. The van der Waals surface area contributed by atoms with E-state index in [4.69, 9.17) is 0 Å². The summed E-state index contributed by atoms with van der Waals surface area (Å²) in [7, 11) is 2.05. The number of benzene rings is 1. The Balaban J connectivity index is 2.89. The molecule has 0 bridgehead atoms. The summed E-state index contributed by atoms with van der Waals surface area (Å²) in [5, 5.41) is 3.29. The summed E-state index contributed by atoms with van der Waals surface area (Å²) in [5.41, 5.74) is 1.78. The topological polar surface area (TPSA) is 15.3 Å². The lowest BCUT2D eigenvalue weighted by atomic mass is 10.1. The van der Waals surface area contributed by atoms with Crippen LogP contribution in [0.25, 0.3) is 0 Å². The number of nitrogens with zero attached hydrogens (tertiary/aromatic N) is 1. The Morgan fingerprint density at radius 2 is 2.00 bits per heavy atom. The van der Waals surface area contributed by atoms with Gasteiger partial charge < -0.3 is 10.2 Å². The fourth-order valence-electron chi connectivity index (χ4n) is 2.29. The molecule has 1 atom stereocenters. The zero-order valence-electron chi connectivity index (χ0n) is 12.7. The van der Waals surface area contributed by atoms with E-state index < -0.39 is 0 Å². The van der Waals surface area contributed by atoms with Crippen molar-refractivity contribution in [1.82, 2.24) is 5.32 Å². The minimum atomic E-state index is -0.114. The van der Waals surface area contributed by atoms with E-state index in [-0.39, 0.29) is 5.82 Å². The number of anilines is 1. The van der Waals surface area contributed by atoms with Crippen molar-refractivity contribution in [2.45, 2.75) is 52.6 Å². The minimum absolute atomic E-state index is 0.114. The van der Waals surface area contributed by atoms with Crippen LogP contribution in [-0.4, -0.2) is 19.6 Å². The zero-order chi connectivity index (χ0) is 14.3. The van der Waals surface area contributed by atoms with Crippen molar-refractivity contribution < 1.29 is 4.39 Å². The van der Waals surface area contributed by atoms with Gasteiger partial charge in [0.1, 0.15) is 5.82 Å². The first kappa shape index (κ1) is 16.0. The van der Waals surface area contributed by atoms with Crippen LogP contribution in [0, 0.1) is 5.82 Å². The van der Waals surface area contributed by atoms with Gasteiger partial charge in [0, 0.05) is 30.9 Å². The molecule has 1 aromatic carbocycles. The second-order valence-corrected chi connectivity index (χ2v) is 5.16. The average Bonchev–Trinajstić information content (AvgIpc) is 2.40. The Kier molecular flexibility index (Phi) is 6.85. The molecule has 0 aliphatic heterocycles. The van der Waals surface area contributed by atoms with Gasteiger partial charge in [-0.2, -0.15) is 0 Å². The van der Waals surface area contributed by atoms with Crippen molar-refractivity contribution >= 4 is 5.69 Å². The molecule has 0 saturated heterocycles. The summed E-state index contributed by atoms with van der Waals surface area (Å²) in [6.45, 7) is 8.00. The maximum Gasteiger partial charge on any atom is 0.129 e. The third-order valence-electron chi connectivity index (χ3n) is 3.57. The maximum absolute atomic E-state index is 14.0. The number of nitrogens with one attached hydrogen (secondary N) is 1. The maximum atomic E-state index is 14.0. The smallest absolute Gasteiger partial charge is 0.129 e. The lowest BCUT2D eigenvalue weighted by Crippen LogP contribution is -2.30. The monoisotopic (exact) mass is 266 g/mol. The van der Waals surface area contributed by atoms with Crippen molar-refractivity contribution in [3.63, 3.8) is 0 Å². The van der Waals surface area contributed by atoms with Crippen LogP contribution >= 0.6 is 0 Å². The van der Waals surface area contributed by atoms with E-state index in [9.17, 15) is 4.39 Å². The van der Waals surface area contributed by atoms with Crippen molar-refractivity contribution in [3.05, 3.63) is 29.6 Å². The fraction of sp³-hybridized carbons (Fsp3) is 0.625. The van der Waals surface area contributed by atoms with Gasteiger partial charge in [0.15, 0.2) is 0 Å². The number of hydrogen-bond acceptors (Lipinski definition) is 2. The second-order valence-electron chi connectivity index (χ2n) is 5.16. The molecule has 1 unspecified atom stereocenters. The first-order valence-electron chi connectivity index (χ1n) is 7.32. The molecule has 0 aliphatic rings. The number of hydrogen-bond donors (Lipinski definition) is 1. The summed E-state index contributed by atoms with van der Waals surface area (Å²) in [4.78, 5) is 2.19. The lowest BCUT2D eigenvalue weighted by molar-refractivity contribution is 0.575. The van der Waals surface area contributed by atoms with Crippen LogP contribution in [0.3, 0.4) is 0 Å². The molecular weight excluding hydrogens is 239 g/mol. The molecule has 0 spiro atoms. The van der Waals surface area contributed by atoms with Crippen molar-refractivity contribution in [2.75, 3.05) is 18.5 Å². The predicted molar refractivity (Wildman–Crippen MR) is 81.2 cm³/mol. The molecule has 108 valence electrons. The van der Waals surface area contributed by atoms with Crippen LogP contribution in [0.5, 0.6) is 0 Å². The minimum Gasteiger partial charge on any atom is -0.372 e. The van der Waals surface area contributed by atoms with Gasteiger partial charge in [-0.1, -0.05) is 26.3 Å². The summed E-state index contributed by atoms with van der Waals surface area (Å²) in [6, 6.07) is 5.78. The van der Waals surface area contributed by atoms with E-state index in [0.29, 0.717) is 12.6 Å². The molecule has 1 N–H and O–H groups in total. The Morgan fingerprint density at radius 3 is 2.63 bits per heavy atom. The predicted octanol–water partition coefficient (Wildman–Crippen LogP) is 3.95. The van der Waals surface area contributed by atoms with Crippen LogP contribution in [0.15, 0.2) is 18.2 Å². The van der Waals surface area contributed by atoms with Gasteiger partial charge in [0.25, 0.3) is 0 Å². The second kappa shape index (κ2) is 8.16. The van der Waals surface area contributed by atoms with Gasteiger partial charge in [-0.05, 0) is 38.4 Å². The molecule has 0 aromatic heterocycles. The highest BCUT2D eigenvalue weighted by molar-refractivity contribution is 5.54. The lowest BCUT2D eigenvalue weighted by Gasteiger charge is -2.29. The highest BCUT2D eigenvalue weighted by Gasteiger charge is 2.15. The van der Waals surface area contributed by atoms with Crippen LogP contribution in [0.2, 0.25) is 0 Å². The molecule has 3 heteroatoms. The standard InChI is InChI=1S/C16H27FN2/c1-5-8-13(3)19(4)16-10-7-9-15(17)14(16)12-18-11-6-2/h7,9-10,13,18H,5-6,8,11-12H2,1-4H3. The normalized spacial score (nSPS) is 12.5. The van der Waals surface area contributed by atoms with E-state index in [1.165, 1.54) is 0 Å². The Hall–Kier alpha value is -1.09. The van der Waals surface area contributed by atoms with Crippen LogP contribution in [0.4, 0.5) is 10.1 Å². The Bertz CT molecular complexity index is 379. The Labute approximate surface area is 117 Å². The van der Waals surface area contributed by atoms with Gasteiger partial charge in [0.05, 0.1) is 0 Å². The SMILES string of the molecule is CCCNCc1c(F)cccc1N(C)C(C)CCC. The van der Waals surface area contributed by atoms with Crippen molar-refractivity contribution in [1.29, 1.82) is 0 Å². The average molecular weight is 266 g/mol. The Morgan fingerprint density at radius 1 is 1.26 bits per heavy atom. The van der Waals surface area contributed by atoms with Gasteiger partial charge in [-0.3, -0.25) is 0 Å². The summed E-state index contributed by atoms with van der Waals surface area (Å²) in [5.74, 6) is -0.114. The van der Waals surface area contributed by atoms with Gasteiger partial charge in [0.2, 0.25) is 0 Å². The molecule has 0 amide bonds. The van der Waals surface area contributed by atoms with E-state index in [1.54, 1.807) is 12.1 Å². The highest BCUT2D eigenvalue weighted by Crippen LogP contribution is 2.25.